The highest BCUT2D eigenvalue weighted by molar-refractivity contribution is 6.22. The topological polar surface area (TPSA) is 3.24 Å². The summed E-state index contributed by atoms with van der Waals surface area (Å²) in [5.41, 5.74) is 13.0. The van der Waals surface area contributed by atoms with Gasteiger partial charge in [0.2, 0.25) is 0 Å². The molecule has 55 heavy (non-hydrogen) atoms. The Hall–Kier alpha value is -7.22. The molecule has 0 heterocycles. The average molecular weight is 700 g/mol. The third kappa shape index (κ3) is 6.02. The Morgan fingerprint density at radius 2 is 0.691 bits per heavy atom. The van der Waals surface area contributed by atoms with Crippen LogP contribution in [0.5, 0.6) is 0 Å². The molecule has 0 aliphatic heterocycles. The minimum absolute atomic E-state index is 1.10. The van der Waals surface area contributed by atoms with Gasteiger partial charge in [-0.05, 0) is 102 Å². The Labute approximate surface area is 322 Å². The Morgan fingerprint density at radius 1 is 0.236 bits per heavy atom. The van der Waals surface area contributed by atoms with E-state index in [0.717, 1.165) is 17.1 Å². The maximum atomic E-state index is 2.39. The number of hydrogen-bond donors (Lipinski definition) is 0. The van der Waals surface area contributed by atoms with Gasteiger partial charge in [-0.1, -0.05) is 194 Å². The van der Waals surface area contributed by atoms with Crippen molar-refractivity contribution >= 4 is 49.4 Å². The molecule has 1 heteroatoms. The van der Waals surface area contributed by atoms with Gasteiger partial charge in [-0.3, -0.25) is 0 Å². The molecule has 0 spiro atoms. The molecule has 0 unspecified atom stereocenters. The lowest BCUT2D eigenvalue weighted by atomic mass is 9.92. The summed E-state index contributed by atoms with van der Waals surface area (Å²) in [6.07, 6.45) is 0. The highest BCUT2D eigenvalue weighted by Gasteiger charge is 2.18. The zero-order chi connectivity index (χ0) is 36.6. The normalized spacial score (nSPS) is 11.3. The molecule has 0 aromatic heterocycles. The fraction of sp³-hybridized carbons (Fsp3) is 0. The number of para-hydroxylation sites is 1. The molecule has 0 aliphatic carbocycles. The van der Waals surface area contributed by atoms with Crippen molar-refractivity contribution in [2.24, 2.45) is 0 Å². The first-order chi connectivity index (χ1) is 27.3. The van der Waals surface area contributed by atoms with Gasteiger partial charge < -0.3 is 4.90 Å². The SMILES string of the molecule is c1ccc(-c2ccc(-c3ccc(N(c4ccc(-c5cccc6c5ccc5ccc7ccccc7c56)cc4)c4ccccc4-c4ccccc4)cc3)cc2)cc1. The molecule has 0 radical (unpaired) electrons. The van der Waals surface area contributed by atoms with Gasteiger partial charge in [0.05, 0.1) is 5.69 Å². The third-order valence-corrected chi connectivity index (χ3v) is 10.9. The van der Waals surface area contributed by atoms with Gasteiger partial charge in [0.25, 0.3) is 0 Å². The molecule has 0 atom stereocenters. The summed E-state index contributed by atoms with van der Waals surface area (Å²) in [4.78, 5) is 2.39. The Morgan fingerprint density at radius 3 is 1.38 bits per heavy atom. The molecule has 1 nitrogen and oxygen atoms in total. The zero-order valence-electron chi connectivity index (χ0n) is 30.3. The maximum absolute atomic E-state index is 2.39. The number of nitrogens with zero attached hydrogens (tertiary/aromatic N) is 1. The molecule has 10 aromatic rings. The Kier molecular flexibility index (Phi) is 8.24. The van der Waals surface area contributed by atoms with E-state index in [1.807, 2.05) is 0 Å². The van der Waals surface area contributed by atoms with Crippen molar-refractivity contribution in [3.63, 3.8) is 0 Å². The van der Waals surface area contributed by atoms with Crippen molar-refractivity contribution in [2.75, 3.05) is 4.90 Å². The fourth-order valence-electron chi connectivity index (χ4n) is 8.15. The Balaban J connectivity index is 1.06. The number of rotatable bonds is 7. The van der Waals surface area contributed by atoms with Gasteiger partial charge in [-0.25, -0.2) is 0 Å². The standard InChI is InChI=1S/C54H37N/c1-3-12-38(13-4-1)39-22-24-40(25-23-39)41-28-33-46(34-29-41)55(53-21-10-9-17-49(53)42-14-5-2-6-15-42)47-35-30-44(31-36-47)48-19-11-20-52-51(48)37-32-45-27-26-43-16-7-8-18-50(43)54(45)52/h1-37H. The predicted molar refractivity (Wildman–Crippen MR) is 235 cm³/mol. The van der Waals surface area contributed by atoms with Gasteiger partial charge >= 0.3 is 0 Å². The van der Waals surface area contributed by atoms with E-state index in [-0.39, 0.29) is 0 Å². The third-order valence-electron chi connectivity index (χ3n) is 10.9. The second-order valence-electron chi connectivity index (χ2n) is 14.1. The van der Waals surface area contributed by atoms with Crippen LogP contribution in [0.1, 0.15) is 0 Å². The molecule has 0 N–H and O–H groups in total. The molecule has 0 bridgehead atoms. The molecule has 0 fully saturated rings. The van der Waals surface area contributed by atoms with Gasteiger partial charge in [0.15, 0.2) is 0 Å². The molecular weight excluding hydrogens is 663 g/mol. The van der Waals surface area contributed by atoms with Crippen molar-refractivity contribution in [1.29, 1.82) is 0 Å². The van der Waals surface area contributed by atoms with E-state index in [1.165, 1.54) is 76.8 Å². The summed E-state index contributed by atoms with van der Waals surface area (Å²) in [5.74, 6) is 0. The fourth-order valence-corrected chi connectivity index (χ4v) is 8.15. The van der Waals surface area contributed by atoms with Gasteiger partial charge in [0, 0.05) is 16.9 Å². The Bertz CT molecular complexity index is 2930. The van der Waals surface area contributed by atoms with Crippen molar-refractivity contribution in [1.82, 2.24) is 0 Å². The molecule has 0 saturated carbocycles. The van der Waals surface area contributed by atoms with E-state index in [9.17, 15) is 0 Å². The molecule has 10 aromatic carbocycles. The van der Waals surface area contributed by atoms with Gasteiger partial charge in [0.1, 0.15) is 0 Å². The van der Waals surface area contributed by atoms with Crippen LogP contribution in [0.4, 0.5) is 17.1 Å². The van der Waals surface area contributed by atoms with Crippen LogP contribution in [0, 0.1) is 0 Å². The number of benzene rings is 10. The molecule has 0 aliphatic rings. The first-order valence-electron chi connectivity index (χ1n) is 18.9. The van der Waals surface area contributed by atoms with E-state index in [1.54, 1.807) is 0 Å². The summed E-state index contributed by atoms with van der Waals surface area (Å²) in [6, 6.07) is 81.3. The van der Waals surface area contributed by atoms with E-state index in [4.69, 9.17) is 0 Å². The van der Waals surface area contributed by atoms with Crippen LogP contribution in [0.15, 0.2) is 224 Å². The number of anilines is 3. The van der Waals surface area contributed by atoms with Crippen LogP contribution in [0.25, 0.3) is 76.8 Å². The quantitative estimate of drug-likeness (QED) is 0.150. The lowest BCUT2D eigenvalue weighted by molar-refractivity contribution is 1.28. The first kappa shape index (κ1) is 32.4. The zero-order valence-corrected chi connectivity index (χ0v) is 30.3. The van der Waals surface area contributed by atoms with Crippen LogP contribution < -0.4 is 4.90 Å². The molecule has 258 valence electrons. The van der Waals surface area contributed by atoms with E-state index in [0.29, 0.717) is 0 Å². The van der Waals surface area contributed by atoms with Crippen LogP contribution in [0.3, 0.4) is 0 Å². The first-order valence-corrected chi connectivity index (χ1v) is 18.9. The lowest BCUT2D eigenvalue weighted by Gasteiger charge is -2.28. The van der Waals surface area contributed by atoms with E-state index < -0.39 is 0 Å². The van der Waals surface area contributed by atoms with Crippen LogP contribution in [0.2, 0.25) is 0 Å². The highest BCUT2D eigenvalue weighted by Crippen LogP contribution is 2.43. The summed E-state index contributed by atoms with van der Waals surface area (Å²) >= 11 is 0. The smallest absolute Gasteiger partial charge is 0.0540 e. The van der Waals surface area contributed by atoms with Gasteiger partial charge in [-0.2, -0.15) is 0 Å². The van der Waals surface area contributed by atoms with Crippen molar-refractivity contribution in [3.05, 3.63) is 224 Å². The molecule has 0 saturated heterocycles. The highest BCUT2D eigenvalue weighted by atomic mass is 15.1. The largest absolute Gasteiger partial charge is 0.310 e. The number of fused-ring (bicyclic) bond motifs is 5. The summed E-state index contributed by atoms with van der Waals surface area (Å²) < 4.78 is 0. The molecular formula is C54H37N. The van der Waals surface area contributed by atoms with Gasteiger partial charge in [-0.15, -0.1) is 0 Å². The van der Waals surface area contributed by atoms with Crippen LogP contribution in [-0.4, -0.2) is 0 Å². The van der Waals surface area contributed by atoms with Crippen LogP contribution >= 0.6 is 0 Å². The molecule has 0 amide bonds. The maximum Gasteiger partial charge on any atom is 0.0540 e. The van der Waals surface area contributed by atoms with Crippen molar-refractivity contribution in [3.8, 4) is 44.5 Å². The summed E-state index contributed by atoms with van der Waals surface area (Å²) in [6.45, 7) is 0. The lowest BCUT2D eigenvalue weighted by Crippen LogP contribution is -2.11. The molecule has 10 rings (SSSR count). The van der Waals surface area contributed by atoms with E-state index >= 15 is 0 Å². The summed E-state index contributed by atoms with van der Waals surface area (Å²) in [5, 5.41) is 7.68. The van der Waals surface area contributed by atoms with E-state index in [2.05, 4.69) is 229 Å². The second-order valence-corrected chi connectivity index (χ2v) is 14.1. The van der Waals surface area contributed by atoms with Crippen molar-refractivity contribution < 1.29 is 0 Å². The summed E-state index contributed by atoms with van der Waals surface area (Å²) in [7, 11) is 0. The van der Waals surface area contributed by atoms with Crippen molar-refractivity contribution in [2.45, 2.75) is 0 Å². The predicted octanol–water partition coefficient (Wildman–Crippen LogP) is 15.3. The monoisotopic (exact) mass is 699 g/mol. The second kappa shape index (κ2) is 14.0. The van der Waals surface area contributed by atoms with Crippen LogP contribution in [-0.2, 0) is 0 Å². The average Bonchev–Trinajstić information content (AvgIpc) is 3.27. The minimum Gasteiger partial charge on any atom is -0.310 e. The minimum atomic E-state index is 1.10. The number of hydrogen-bond acceptors (Lipinski definition) is 1.